The zero-order valence-corrected chi connectivity index (χ0v) is 10.9. The maximum absolute atomic E-state index is 11.7. The normalized spacial score (nSPS) is 18.3. The number of cyclic esters (lactones) is 1. The molecule has 0 amide bonds. The van der Waals surface area contributed by atoms with Crippen LogP contribution in [0, 0.1) is 0 Å². The third kappa shape index (κ3) is 3.37. The molecule has 0 aliphatic carbocycles. The largest absolute Gasteiger partial charge is 0.481 e. The van der Waals surface area contributed by atoms with Gasteiger partial charge < -0.3 is 14.6 Å². The van der Waals surface area contributed by atoms with Crippen LogP contribution in [-0.4, -0.2) is 16.9 Å². The molecular weight excluding hydrogens is 244 g/mol. The monoisotopic (exact) mass is 260 g/mol. The van der Waals surface area contributed by atoms with Crippen LogP contribution >= 0.6 is 0 Å². The number of aliphatic hydroxyl groups excluding tert-OH is 1. The summed E-state index contributed by atoms with van der Waals surface area (Å²) >= 11 is 0. The second kappa shape index (κ2) is 5.18. The molecular formula is C15H16O4. The summed E-state index contributed by atoms with van der Waals surface area (Å²) in [6, 6.07) is 9.68. The second-order valence-electron chi connectivity index (χ2n) is 4.69. The molecule has 0 saturated heterocycles. The molecule has 0 saturated carbocycles. The van der Waals surface area contributed by atoms with E-state index in [-0.39, 0.29) is 17.9 Å². The number of carbonyl (C=O) groups is 1. The van der Waals surface area contributed by atoms with Crippen molar-refractivity contribution < 1.29 is 19.4 Å². The lowest BCUT2D eigenvalue weighted by Crippen LogP contribution is -2.36. The molecule has 0 radical (unpaired) electrons. The summed E-state index contributed by atoms with van der Waals surface area (Å²) in [5.41, 5.74) is 1.15. The number of ether oxygens (including phenoxy) is 2. The van der Waals surface area contributed by atoms with E-state index < -0.39 is 11.8 Å². The second-order valence-corrected chi connectivity index (χ2v) is 4.69. The van der Waals surface area contributed by atoms with Gasteiger partial charge in [-0.1, -0.05) is 42.5 Å². The molecule has 19 heavy (non-hydrogen) atoms. The van der Waals surface area contributed by atoms with Crippen molar-refractivity contribution in [3.8, 4) is 0 Å². The quantitative estimate of drug-likeness (QED) is 0.848. The van der Waals surface area contributed by atoms with Crippen molar-refractivity contribution in [2.24, 2.45) is 0 Å². The van der Waals surface area contributed by atoms with Crippen LogP contribution in [0.5, 0.6) is 0 Å². The van der Waals surface area contributed by atoms with Crippen molar-refractivity contribution >= 4 is 12.0 Å². The minimum atomic E-state index is -1.12. The number of carbonyl (C=O) groups excluding carboxylic acids is 1. The lowest BCUT2D eigenvalue weighted by Gasteiger charge is -2.30. The number of allylic oxidation sites excluding steroid dienone is 1. The SMILES string of the molecule is CC1(C)OC(=O)C(C/C=C/c2ccccc2)=C(O)O1. The predicted molar refractivity (Wildman–Crippen MR) is 71.0 cm³/mol. The fraction of sp³-hybridized carbons (Fsp3) is 0.267. The van der Waals surface area contributed by atoms with Crippen LogP contribution in [0.25, 0.3) is 6.08 Å². The Morgan fingerprint density at radius 3 is 2.53 bits per heavy atom. The molecule has 4 heteroatoms. The van der Waals surface area contributed by atoms with Gasteiger partial charge in [-0.3, -0.25) is 0 Å². The van der Waals surface area contributed by atoms with Crippen LogP contribution in [0.4, 0.5) is 0 Å². The molecule has 4 nitrogen and oxygen atoms in total. The van der Waals surface area contributed by atoms with Gasteiger partial charge in [0.1, 0.15) is 5.57 Å². The predicted octanol–water partition coefficient (Wildman–Crippen LogP) is 3.17. The fourth-order valence-electron chi connectivity index (χ4n) is 1.74. The summed E-state index contributed by atoms with van der Waals surface area (Å²) in [4.78, 5) is 11.7. The molecule has 1 aromatic carbocycles. The maximum Gasteiger partial charge on any atom is 0.344 e. The molecule has 1 aliphatic rings. The number of hydrogen-bond donors (Lipinski definition) is 1. The van der Waals surface area contributed by atoms with Crippen molar-refractivity contribution in [3.05, 3.63) is 53.5 Å². The molecule has 0 aromatic heterocycles. The van der Waals surface area contributed by atoms with Crippen LogP contribution in [0.15, 0.2) is 47.9 Å². The van der Waals surface area contributed by atoms with E-state index in [1.165, 1.54) is 0 Å². The summed E-state index contributed by atoms with van der Waals surface area (Å²) in [5.74, 6) is -2.03. The molecule has 0 bridgehead atoms. The summed E-state index contributed by atoms with van der Waals surface area (Å²) in [7, 11) is 0. The highest BCUT2D eigenvalue weighted by Crippen LogP contribution is 2.26. The Morgan fingerprint density at radius 1 is 1.21 bits per heavy atom. The highest BCUT2D eigenvalue weighted by molar-refractivity contribution is 5.90. The van der Waals surface area contributed by atoms with Gasteiger partial charge in [0.15, 0.2) is 0 Å². The Hall–Kier alpha value is -2.23. The first-order valence-electron chi connectivity index (χ1n) is 6.04. The molecule has 0 spiro atoms. The van der Waals surface area contributed by atoms with Crippen molar-refractivity contribution in [2.75, 3.05) is 0 Å². The number of aliphatic hydroxyl groups is 1. The molecule has 2 rings (SSSR count). The smallest absolute Gasteiger partial charge is 0.344 e. The van der Waals surface area contributed by atoms with Gasteiger partial charge >= 0.3 is 5.97 Å². The third-order valence-corrected chi connectivity index (χ3v) is 2.62. The number of esters is 1. The van der Waals surface area contributed by atoms with E-state index in [2.05, 4.69) is 0 Å². The van der Waals surface area contributed by atoms with E-state index in [9.17, 15) is 9.90 Å². The first-order chi connectivity index (χ1) is 8.98. The Balaban J connectivity index is 2.07. The van der Waals surface area contributed by atoms with E-state index in [1.54, 1.807) is 19.9 Å². The number of benzene rings is 1. The van der Waals surface area contributed by atoms with Crippen LogP contribution in [0.2, 0.25) is 0 Å². The van der Waals surface area contributed by atoms with E-state index in [4.69, 9.17) is 9.47 Å². The summed E-state index contributed by atoms with van der Waals surface area (Å²) < 4.78 is 10.2. The van der Waals surface area contributed by atoms with E-state index in [0.29, 0.717) is 0 Å². The lowest BCUT2D eigenvalue weighted by atomic mass is 10.1. The van der Waals surface area contributed by atoms with Gasteiger partial charge in [0.05, 0.1) is 0 Å². The fourth-order valence-corrected chi connectivity index (χ4v) is 1.74. The number of rotatable bonds is 3. The summed E-state index contributed by atoms with van der Waals surface area (Å²) in [6.07, 6.45) is 3.91. The van der Waals surface area contributed by atoms with Crippen LogP contribution < -0.4 is 0 Å². The maximum atomic E-state index is 11.7. The number of hydrogen-bond acceptors (Lipinski definition) is 4. The zero-order valence-electron chi connectivity index (χ0n) is 10.9. The van der Waals surface area contributed by atoms with Gasteiger partial charge in [-0.25, -0.2) is 4.79 Å². The average Bonchev–Trinajstić information content (AvgIpc) is 2.32. The first kappa shape index (κ1) is 13.2. The minimum absolute atomic E-state index is 0.131. The standard InChI is InChI=1S/C15H16O4/c1-15(2)18-13(16)12(14(17)19-15)10-6-9-11-7-4-3-5-8-11/h3-9,16H,10H2,1-2H3/b9-6+. The van der Waals surface area contributed by atoms with E-state index in [1.807, 2.05) is 36.4 Å². The van der Waals surface area contributed by atoms with Crippen molar-refractivity contribution in [1.29, 1.82) is 0 Å². The van der Waals surface area contributed by atoms with E-state index in [0.717, 1.165) is 5.56 Å². The van der Waals surface area contributed by atoms with Gasteiger partial charge in [-0.15, -0.1) is 0 Å². The molecule has 0 unspecified atom stereocenters. The first-order valence-corrected chi connectivity index (χ1v) is 6.04. The summed E-state index contributed by atoms with van der Waals surface area (Å²) in [6.45, 7) is 3.13. The van der Waals surface area contributed by atoms with Gasteiger partial charge in [0.2, 0.25) is 0 Å². The molecule has 1 N–H and O–H groups in total. The van der Waals surface area contributed by atoms with Gasteiger partial charge in [0, 0.05) is 20.3 Å². The van der Waals surface area contributed by atoms with Gasteiger partial charge in [-0.05, 0) is 5.56 Å². The van der Waals surface area contributed by atoms with Crippen LogP contribution in [0.3, 0.4) is 0 Å². The van der Waals surface area contributed by atoms with Crippen LogP contribution in [-0.2, 0) is 14.3 Å². The van der Waals surface area contributed by atoms with Gasteiger partial charge in [-0.2, -0.15) is 0 Å². The Bertz CT molecular complexity index is 526. The molecule has 100 valence electrons. The van der Waals surface area contributed by atoms with Crippen molar-refractivity contribution in [3.63, 3.8) is 0 Å². The summed E-state index contributed by atoms with van der Waals surface area (Å²) in [5, 5.41) is 9.69. The topological polar surface area (TPSA) is 55.8 Å². The zero-order chi connectivity index (χ0) is 13.9. The molecule has 0 fully saturated rings. The lowest BCUT2D eigenvalue weighted by molar-refractivity contribution is -0.222. The van der Waals surface area contributed by atoms with Crippen molar-refractivity contribution in [1.82, 2.24) is 0 Å². The molecule has 1 aromatic rings. The minimum Gasteiger partial charge on any atom is -0.481 e. The Morgan fingerprint density at radius 2 is 1.89 bits per heavy atom. The van der Waals surface area contributed by atoms with Crippen molar-refractivity contribution in [2.45, 2.75) is 26.1 Å². The molecule has 0 atom stereocenters. The average molecular weight is 260 g/mol. The van der Waals surface area contributed by atoms with E-state index >= 15 is 0 Å². The highest BCUT2D eigenvalue weighted by atomic mass is 16.8. The molecule has 1 heterocycles. The Labute approximate surface area is 112 Å². The highest BCUT2D eigenvalue weighted by Gasteiger charge is 2.35. The third-order valence-electron chi connectivity index (χ3n) is 2.62. The molecule has 1 aliphatic heterocycles. The van der Waals surface area contributed by atoms with Crippen LogP contribution in [0.1, 0.15) is 25.8 Å². The Kier molecular flexibility index (Phi) is 3.60. The van der Waals surface area contributed by atoms with Gasteiger partial charge in [0.25, 0.3) is 11.7 Å².